The first kappa shape index (κ1) is 20.3. The monoisotopic (exact) mass is 394 g/mol. The van der Waals surface area contributed by atoms with Crippen LogP contribution in [0.2, 0.25) is 5.02 Å². The van der Waals surface area contributed by atoms with Crippen molar-refractivity contribution in [2.45, 2.75) is 25.8 Å². The molecule has 0 aromatic heterocycles. The van der Waals surface area contributed by atoms with E-state index < -0.39 is 16.1 Å². The summed E-state index contributed by atoms with van der Waals surface area (Å²) in [5, 5.41) is 3.51. The van der Waals surface area contributed by atoms with Crippen molar-refractivity contribution >= 4 is 33.2 Å². The summed E-state index contributed by atoms with van der Waals surface area (Å²) in [6.07, 6.45) is 2.66. The molecule has 0 aliphatic carbocycles. The number of benzene rings is 2. The topological polar surface area (TPSA) is 66.5 Å². The number of nitrogens with one attached hydrogen (secondary N) is 1. The second-order valence-electron chi connectivity index (χ2n) is 6.09. The lowest BCUT2D eigenvalue weighted by Crippen LogP contribution is -2.48. The number of hydrogen-bond acceptors (Lipinski definition) is 3. The van der Waals surface area contributed by atoms with Crippen molar-refractivity contribution in [3.05, 3.63) is 65.2 Å². The van der Waals surface area contributed by atoms with Crippen molar-refractivity contribution in [1.29, 1.82) is 0 Å². The molecule has 0 spiro atoms. The molecule has 1 N–H and O–H groups in total. The molecule has 2 aromatic rings. The van der Waals surface area contributed by atoms with Crippen LogP contribution in [-0.2, 0) is 21.2 Å². The zero-order valence-electron chi connectivity index (χ0n) is 14.9. The van der Waals surface area contributed by atoms with E-state index in [4.69, 9.17) is 11.6 Å². The molecule has 0 saturated carbocycles. The normalized spacial score (nSPS) is 12.4. The molecule has 0 unspecified atom stereocenters. The van der Waals surface area contributed by atoms with E-state index in [2.05, 4.69) is 5.32 Å². The number of aryl methyl sites for hydroxylation is 1. The molecule has 0 aliphatic rings. The summed E-state index contributed by atoms with van der Waals surface area (Å²) in [7, 11) is -3.58. The molecule has 5 nitrogen and oxygen atoms in total. The van der Waals surface area contributed by atoms with Crippen LogP contribution in [0.1, 0.15) is 18.9 Å². The third kappa shape index (κ3) is 5.75. The Hall–Kier alpha value is -2.05. The van der Waals surface area contributed by atoms with Crippen LogP contribution in [0.3, 0.4) is 0 Å². The van der Waals surface area contributed by atoms with E-state index in [0.717, 1.165) is 29.0 Å². The fraction of sp³-hybridized carbons (Fsp3) is 0.316. The fourth-order valence-corrected chi connectivity index (χ4v) is 3.99. The molecule has 26 heavy (non-hydrogen) atoms. The van der Waals surface area contributed by atoms with E-state index in [1.165, 1.54) is 0 Å². The van der Waals surface area contributed by atoms with E-state index in [-0.39, 0.29) is 5.91 Å². The van der Waals surface area contributed by atoms with Gasteiger partial charge in [-0.1, -0.05) is 41.9 Å². The maximum Gasteiger partial charge on any atom is 0.243 e. The fourth-order valence-electron chi connectivity index (χ4n) is 2.69. The molecular weight excluding hydrogens is 372 g/mol. The van der Waals surface area contributed by atoms with E-state index in [0.29, 0.717) is 17.3 Å². The Bertz CT molecular complexity index is 824. The largest absolute Gasteiger partial charge is 0.354 e. The Morgan fingerprint density at radius 1 is 1.12 bits per heavy atom. The molecule has 0 heterocycles. The highest BCUT2D eigenvalue weighted by atomic mass is 35.5. The quantitative estimate of drug-likeness (QED) is 0.699. The van der Waals surface area contributed by atoms with Gasteiger partial charge in [0.05, 0.1) is 11.9 Å². The first-order chi connectivity index (χ1) is 12.3. The van der Waals surface area contributed by atoms with Gasteiger partial charge in [0.25, 0.3) is 0 Å². The zero-order chi connectivity index (χ0) is 19.2. The number of para-hydroxylation sites is 1. The summed E-state index contributed by atoms with van der Waals surface area (Å²) in [5.74, 6) is -0.324. The van der Waals surface area contributed by atoms with Crippen LogP contribution >= 0.6 is 11.6 Å². The minimum Gasteiger partial charge on any atom is -0.354 e. The lowest BCUT2D eigenvalue weighted by molar-refractivity contribution is -0.121. The van der Waals surface area contributed by atoms with Gasteiger partial charge in [-0.2, -0.15) is 0 Å². The minimum atomic E-state index is -3.58. The molecule has 140 valence electrons. The van der Waals surface area contributed by atoms with Crippen molar-refractivity contribution < 1.29 is 13.2 Å². The molecule has 7 heteroatoms. The maximum atomic E-state index is 12.4. The summed E-state index contributed by atoms with van der Waals surface area (Å²) in [6.45, 7) is 2.06. The Labute approximate surface area is 160 Å². The van der Waals surface area contributed by atoms with Crippen LogP contribution in [0.4, 0.5) is 5.69 Å². The number of rotatable bonds is 8. The number of sulfonamides is 1. The molecule has 2 aromatic carbocycles. The smallest absolute Gasteiger partial charge is 0.243 e. The number of carbonyl (C=O) groups excluding carboxylic acids is 1. The molecular formula is C19H23ClN2O3S. The van der Waals surface area contributed by atoms with Gasteiger partial charge in [0.1, 0.15) is 6.04 Å². The van der Waals surface area contributed by atoms with Gasteiger partial charge in [-0.15, -0.1) is 0 Å². The van der Waals surface area contributed by atoms with Gasteiger partial charge in [0, 0.05) is 11.6 Å². The average molecular weight is 395 g/mol. The van der Waals surface area contributed by atoms with Gasteiger partial charge < -0.3 is 5.32 Å². The number of hydrogen-bond donors (Lipinski definition) is 1. The Balaban J connectivity index is 1.93. The highest BCUT2D eigenvalue weighted by Gasteiger charge is 2.28. The van der Waals surface area contributed by atoms with Crippen LogP contribution in [0, 0.1) is 0 Å². The lowest BCUT2D eigenvalue weighted by Gasteiger charge is -2.28. The Morgan fingerprint density at radius 3 is 2.31 bits per heavy atom. The third-order valence-corrected chi connectivity index (χ3v) is 5.45. The summed E-state index contributed by atoms with van der Waals surface area (Å²) in [6, 6.07) is 15.4. The first-order valence-electron chi connectivity index (χ1n) is 8.35. The summed E-state index contributed by atoms with van der Waals surface area (Å²) in [5.41, 5.74) is 1.61. The molecule has 0 bridgehead atoms. The lowest BCUT2D eigenvalue weighted by atomic mass is 10.1. The highest BCUT2D eigenvalue weighted by molar-refractivity contribution is 7.92. The SMILES string of the molecule is C[C@@H](C(=O)NCCCc1ccc(Cl)cc1)N(c1ccccc1)S(C)(=O)=O. The predicted molar refractivity (Wildman–Crippen MR) is 106 cm³/mol. The highest BCUT2D eigenvalue weighted by Crippen LogP contribution is 2.20. The Morgan fingerprint density at radius 2 is 1.73 bits per heavy atom. The average Bonchev–Trinajstić information content (AvgIpc) is 2.60. The van der Waals surface area contributed by atoms with Crippen molar-refractivity contribution in [2.75, 3.05) is 17.1 Å². The summed E-state index contributed by atoms with van der Waals surface area (Å²) < 4.78 is 25.5. The standard InChI is InChI=1S/C19H23ClN2O3S/c1-15(22(26(2,24)25)18-8-4-3-5-9-18)19(23)21-14-6-7-16-10-12-17(20)13-11-16/h3-5,8-13,15H,6-7,14H2,1-2H3,(H,21,23)/t15-/m0/s1. The van der Waals surface area contributed by atoms with E-state index in [9.17, 15) is 13.2 Å². The van der Waals surface area contributed by atoms with E-state index in [1.807, 2.05) is 24.3 Å². The van der Waals surface area contributed by atoms with Gasteiger partial charge in [-0.3, -0.25) is 9.10 Å². The number of anilines is 1. The van der Waals surface area contributed by atoms with Crippen molar-refractivity contribution in [3.8, 4) is 0 Å². The van der Waals surface area contributed by atoms with E-state index in [1.54, 1.807) is 37.3 Å². The summed E-state index contributed by atoms with van der Waals surface area (Å²) in [4.78, 5) is 12.4. The van der Waals surface area contributed by atoms with Crippen LogP contribution in [0.25, 0.3) is 0 Å². The van der Waals surface area contributed by atoms with Crippen LogP contribution in [0.5, 0.6) is 0 Å². The molecule has 1 amide bonds. The number of amides is 1. The van der Waals surface area contributed by atoms with Gasteiger partial charge in [0.15, 0.2) is 0 Å². The Kier molecular flexibility index (Phi) is 7.06. The summed E-state index contributed by atoms with van der Waals surface area (Å²) >= 11 is 5.86. The van der Waals surface area contributed by atoms with Crippen molar-refractivity contribution in [3.63, 3.8) is 0 Å². The maximum absolute atomic E-state index is 12.4. The third-order valence-electron chi connectivity index (χ3n) is 3.95. The second kappa shape index (κ2) is 9.05. The van der Waals surface area contributed by atoms with Crippen LogP contribution < -0.4 is 9.62 Å². The zero-order valence-corrected chi connectivity index (χ0v) is 16.4. The molecule has 0 saturated heterocycles. The van der Waals surface area contributed by atoms with Crippen LogP contribution in [-0.4, -0.2) is 33.2 Å². The molecule has 0 radical (unpaired) electrons. The van der Waals surface area contributed by atoms with Gasteiger partial charge in [0.2, 0.25) is 15.9 Å². The molecule has 0 aliphatic heterocycles. The molecule has 1 atom stereocenters. The minimum absolute atomic E-state index is 0.324. The molecule has 0 fully saturated rings. The van der Waals surface area contributed by atoms with Gasteiger partial charge in [-0.25, -0.2) is 8.42 Å². The van der Waals surface area contributed by atoms with Gasteiger partial charge >= 0.3 is 0 Å². The number of nitrogens with zero attached hydrogens (tertiary/aromatic N) is 1. The van der Waals surface area contributed by atoms with Crippen molar-refractivity contribution in [2.24, 2.45) is 0 Å². The van der Waals surface area contributed by atoms with E-state index >= 15 is 0 Å². The number of halogens is 1. The van der Waals surface area contributed by atoms with Crippen LogP contribution in [0.15, 0.2) is 54.6 Å². The van der Waals surface area contributed by atoms with Crippen molar-refractivity contribution in [1.82, 2.24) is 5.32 Å². The second-order valence-corrected chi connectivity index (χ2v) is 8.39. The number of carbonyl (C=O) groups is 1. The predicted octanol–water partition coefficient (Wildman–Crippen LogP) is 3.24. The molecule has 2 rings (SSSR count). The van der Waals surface area contributed by atoms with Gasteiger partial charge in [-0.05, 0) is 49.6 Å². The first-order valence-corrected chi connectivity index (χ1v) is 10.6.